The van der Waals surface area contributed by atoms with Gasteiger partial charge in [0.15, 0.2) is 17.7 Å². The van der Waals surface area contributed by atoms with Gasteiger partial charge in [0, 0.05) is 24.8 Å². The summed E-state index contributed by atoms with van der Waals surface area (Å²) >= 11 is 0. The van der Waals surface area contributed by atoms with Gasteiger partial charge in [-0.15, -0.1) is 0 Å². The zero-order valence-electron chi connectivity index (χ0n) is 16.1. The van der Waals surface area contributed by atoms with Gasteiger partial charge in [0.05, 0.1) is 32.0 Å². The molecule has 0 saturated carbocycles. The molecule has 1 N–H and O–H groups in total. The number of carbonyl (C=O) groups excluding carboxylic acids is 2. The maximum absolute atomic E-state index is 13.4. The monoisotopic (exact) mass is 417 g/mol. The van der Waals surface area contributed by atoms with Gasteiger partial charge in [0.2, 0.25) is 5.91 Å². The van der Waals surface area contributed by atoms with Crippen molar-refractivity contribution in [3.63, 3.8) is 0 Å². The second-order valence-electron chi connectivity index (χ2n) is 7.07. The molecular weight excluding hydrogens is 396 g/mol. The zero-order valence-corrected chi connectivity index (χ0v) is 16.1. The number of amides is 2. The molecule has 30 heavy (non-hydrogen) atoms. The second kappa shape index (κ2) is 8.66. The molecule has 0 spiro atoms. The highest BCUT2D eigenvalue weighted by atomic mass is 19.2. The molecule has 0 unspecified atom stereocenters. The minimum atomic E-state index is -1.04. The number of para-hydroxylation sites is 2. The normalized spacial score (nSPS) is 18.4. The average molecular weight is 417 g/mol. The number of ether oxygens (including phenoxy) is 2. The van der Waals surface area contributed by atoms with Crippen molar-refractivity contribution >= 4 is 23.2 Å². The van der Waals surface area contributed by atoms with E-state index < -0.39 is 23.6 Å². The third-order valence-corrected chi connectivity index (χ3v) is 5.00. The number of anilines is 2. The van der Waals surface area contributed by atoms with Crippen LogP contribution in [0, 0.1) is 11.6 Å². The van der Waals surface area contributed by atoms with E-state index in [-0.39, 0.29) is 24.7 Å². The fraction of sp³-hybridized carbons (Fsp3) is 0.333. The van der Waals surface area contributed by atoms with Crippen molar-refractivity contribution in [3.05, 3.63) is 54.1 Å². The van der Waals surface area contributed by atoms with Crippen LogP contribution in [0.3, 0.4) is 0 Å². The largest absolute Gasteiger partial charge is 0.477 e. The number of hydrogen-bond donors (Lipinski definition) is 1. The lowest BCUT2D eigenvalue weighted by Gasteiger charge is -2.38. The van der Waals surface area contributed by atoms with Crippen molar-refractivity contribution in [2.24, 2.45) is 0 Å². The molecule has 0 aliphatic carbocycles. The first-order valence-corrected chi connectivity index (χ1v) is 9.63. The third-order valence-electron chi connectivity index (χ3n) is 5.00. The van der Waals surface area contributed by atoms with Crippen molar-refractivity contribution in [1.82, 2.24) is 4.90 Å². The highest BCUT2D eigenvalue weighted by molar-refractivity contribution is 5.95. The lowest BCUT2D eigenvalue weighted by Crippen LogP contribution is -2.53. The van der Waals surface area contributed by atoms with Crippen LogP contribution in [0.15, 0.2) is 42.5 Å². The van der Waals surface area contributed by atoms with Gasteiger partial charge in [-0.2, -0.15) is 0 Å². The summed E-state index contributed by atoms with van der Waals surface area (Å²) in [4.78, 5) is 28.9. The SMILES string of the molecule is O=C(CN1C[C@@H](C(=O)N2CCOCC2)Oc2ccccc21)Nc1ccc(F)c(F)c1. The van der Waals surface area contributed by atoms with Gasteiger partial charge < -0.3 is 24.6 Å². The van der Waals surface area contributed by atoms with Crippen LogP contribution in [0.4, 0.5) is 20.2 Å². The molecule has 0 aromatic heterocycles. The average Bonchev–Trinajstić information content (AvgIpc) is 2.76. The third kappa shape index (κ3) is 4.35. The van der Waals surface area contributed by atoms with Gasteiger partial charge >= 0.3 is 0 Å². The van der Waals surface area contributed by atoms with Crippen molar-refractivity contribution in [1.29, 1.82) is 0 Å². The van der Waals surface area contributed by atoms with E-state index in [0.717, 1.165) is 12.1 Å². The topological polar surface area (TPSA) is 71.1 Å². The Morgan fingerprint density at radius 1 is 1.07 bits per heavy atom. The minimum Gasteiger partial charge on any atom is -0.477 e. The molecule has 2 amide bonds. The molecule has 0 bridgehead atoms. The molecule has 2 aliphatic heterocycles. The van der Waals surface area contributed by atoms with Gasteiger partial charge in [0.1, 0.15) is 5.75 Å². The summed E-state index contributed by atoms with van der Waals surface area (Å²) in [6, 6.07) is 10.3. The van der Waals surface area contributed by atoms with Crippen LogP contribution in [0.25, 0.3) is 0 Å². The number of rotatable bonds is 4. The van der Waals surface area contributed by atoms with E-state index in [2.05, 4.69) is 5.32 Å². The first-order valence-electron chi connectivity index (χ1n) is 9.63. The molecule has 7 nitrogen and oxygen atoms in total. The van der Waals surface area contributed by atoms with Crippen LogP contribution in [0.5, 0.6) is 5.75 Å². The summed E-state index contributed by atoms with van der Waals surface area (Å²) in [5.41, 5.74) is 0.838. The van der Waals surface area contributed by atoms with E-state index in [1.165, 1.54) is 6.07 Å². The van der Waals surface area contributed by atoms with E-state index >= 15 is 0 Å². The van der Waals surface area contributed by atoms with Crippen LogP contribution in [0.1, 0.15) is 0 Å². The van der Waals surface area contributed by atoms with Crippen LogP contribution < -0.4 is 15.0 Å². The molecule has 1 fully saturated rings. The summed E-state index contributed by atoms with van der Waals surface area (Å²) in [6.45, 7) is 2.07. The summed E-state index contributed by atoms with van der Waals surface area (Å²) in [7, 11) is 0. The predicted molar refractivity (Wildman–Crippen MR) is 105 cm³/mol. The smallest absolute Gasteiger partial charge is 0.265 e. The van der Waals surface area contributed by atoms with Gasteiger partial charge in [-0.25, -0.2) is 8.78 Å². The van der Waals surface area contributed by atoms with E-state index in [0.29, 0.717) is 37.7 Å². The fourth-order valence-electron chi connectivity index (χ4n) is 3.52. The van der Waals surface area contributed by atoms with Crippen molar-refractivity contribution in [2.75, 3.05) is 49.6 Å². The Kier molecular flexibility index (Phi) is 5.80. The van der Waals surface area contributed by atoms with Gasteiger partial charge in [-0.3, -0.25) is 9.59 Å². The second-order valence-corrected chi connectivity index (χ2v) is 7.07. The van der Waals surface area contributed by atoms with Crippen LogP contribution in [0.2, 0.25) is 0 Å². The highest BCUT2D eigenvalue weighted by Gasteiger charge is 2.34. The molecule has 2 aromatic carbocycles. The lowest BCUT2D eigenvalue weighted by molar-refractivity contribution is -0.142. The number of halogens is 2. The van der Waals surface area contributed by atoms with Crippen LogP contribution in [-0.4, -0.2) is 62.2 Å². The molecule has 2 aliphatic rings. The Hall–Kier alpha value is -3.20. The molecule has 2 aromatic rings. The van der Waals surface area contributed by atoms with E-state index in [1.54, 1.807) is 28.0 Å². The van der Waals surface area contributed by atoms with Crippen LogP contribution in [-0.2, 0) is 14.3 Å². The number of nitrogens with one attached hydrogen (secondary N) is 1. The predicted octanol–water partition coefficient (Wildman–Crippen LogP) is 2.03. The van der Waals surface area contributed by atoms with E-state index in [1.807, 2.05) is 6.07 Å². The Bertz CT molecular complexity index is 950. The van der Waals surface area contributed by atoms with Gasteiger partial charge in [0.25, 0.3) is 5.91 Å². The van der Waals surface area contributed by atoms with Crippen LogP contribution >= 0.6 is 0 Å². The molecule has 9 heteroatoms. The number of morpholine rings is 1. The molecular formula is C21H21F2N3O4. The molecule has 158 valence electrons. The maximum Gasteiger partial charge on any atom is 0.265 e. The molecule has 4 rings (SSSR count). The van der Waals surface area contributed by atoms with E-state index in [9.17, 15) is 18.4 Å². The zero-order chi connectivity index (χ0) is 21.1. The Labute approximate surface area is 172 Å². The van der Waals surface area contributed by atoms with Crippen molar-refractivity contribution < 1.29 is 27.8 Å². The molecule has 2 heterocycles. The van der Waals surface area contributed by atoms with Crippen molar-refractivity contribution in [2.45, 2.75) is 6.10 Å². The summed E-state index contributed by atoms with van der Waals surface area (Å²) < 4.78 is 37.7. The quantitative estimate of drug-likeness (QED) is 0.825. The molecule has 1 saturated heterocycles. The number of hydrogen-bond acceptors (Lipinski definition) is 5. The van der Waals surface area contributed by atoms with E-state index in [4.69, 9.17) is 9.47 Å². The van der Waals surface area contributed by atoms with Crippen molar-refractivity contribution in [3.8, 4) is 5.75 Å². The summed E-state index contributed by atoms with van der Waals surface area (Å²) in [5.74, 6) is -2.09. The minimum absolute atomic E-state index is 0.0771. The number of benzene rings is 2. The Morgan fingerprint density at radius 3 is 2.60 bits per heavy atom. The fourth-order valence-corrected chi connectivity index (χ4v) is 3.52. The molecule has 0 radical (unpaired) electrons. The first kappa shape index (κ1) is 20.1. The first-order chi connectivity index (χ1) is 14.5. The summed E-state index contributed by atoms with van der Waals surface area (Å²) in [5, 5.41) is 2.56. The number of carbonyl (C=O) groups is 2. The lowest BCUT2D eigenvalue weighted by atomic mass is 10.1. The van der Waals surface area contributed by atoms with Gasteiger partial charge in [-0.05, 0) is 24.3 Å². The Balaban J connectivity index is 1.48. The highest BCUT2D eigenvalue weighted by Crippen LogP contribution is 2.33. The molecule has 1 atom stereocenters. The standard InChI is InChI=1S/C21H21F2N3O4/c22-15-6-5-14(11-16(15)23)24-20(27)13-26-12-19(21(28)25-7-9-29-10-8-25)30-18-4-2-1-3-17(18)26/h1-6,11,19H,7-10,12-13H2,(H,24,27)/t19-/m0/s1. The summed E-state index contributed by atoms with van der Waals surface area (Å²) in [6.07, 6.45) is -0.755. The van der Waals surface area contributed by atoms with Gasteiger partial charge in [-0.1, -0.05) is 12.1 Å². The number of fused-ring (bicyclic) bond motifs is 1. The maximum atomic E-state index is 13.4. The number of nitrogens with zero attached hydrogens (tertiary/aromatic N) is 2. The Morgan fingerprint density at radius 2 is 1.83 bits per heavy atom.